The van der Waals surface area contributed by atoms with E-state index in [0.717, 1.165) is 19.3 Å². The van der Waals surface area contributed by atoms with Crippen LogP contribution in [0.2, 0.25) is 0 Å². The number of rotatable bonds is 1. The molecule has 2 rings (SSSR count). The highest BCUT2D eigenvalue weighted by Gasteiger charge is 2.29. The molecule has 0 N–H and O–H groups in total. The van der Waals surface area contributed by atoms with Crippen molar-refractivity contribution in [3.63, 3.8) is 0 Å². The normalized spacial score (nSPS) is 20.5. The van der Waals surface area contributed by atoms with E-state index in [1.165, 1.54) is 0 Å². The molecule has 0 spiro atoms. The molecule has 16 heavy (non-hydrogen) atoms. The van der Waals surface area contributed by atoms with E-state index in [1.54, 1.807) is 17.9 Å². The predicted octanol–water partition coefficient (Wildman–Crippen LogP) is 1.50. The van der Waals surface area contributed by atoms with Crippen LogP contribution in [0.15, 0.2) is 10.6 Å². The van der Waals surface area contributed by atoms with Crippen molar-refractivity contribution in [3.8, 4) is 6.07 Å². The average Bonchev–Trinajstić information content (AvgIpc) is 2.75. The second-order valence-electron chi connectivity index (χ2n) is 3.97. The minimum absolute atomic E-state index is 0.222. The lowest BCUT2D eigenvalue weighted by molar-refractivity contribution is 0.0628. The van der Waals surface area contributed by atoms with Crippen molar-refractivity contribution in [3.05, 3.63) is 17.5 Å². The standard InChI is InChI=1S/C11H13N3O2/c1-8-6-10(16-13-8)11(15)14-5-3-2-4-9(14)7-12/h6,9H,2-5H2,1H3. The molecule has 1 aromatic heterocycles. The maximum atomic E-state index is 12.0. The van der Waals surface area contributed by atoms with Crippen LogP contribution < -0.4 is 0 Å². The maximum absolute atomic E-state index is 12.0. The summed E-state index contributed by atoms with van der Waals surface area (Å²) in [5.74, 6) is -0.00787. The van der Waals surface area contributed by atoms with Crippen molar-refractivity contribution in [1.29, 1.82) is 5.26 Å². The molecule has 5 nitrogen and oxygen atoms in total. The summed E-state index contributed by atoms with van der Waals surface area (Å²) in [6, 6.07) is 3.43. The molecule has 0 aromatic carbocycles. The summed E-state index contributed by atoms with van der Waals surface area (Å²) >= 11 is 0. The minimum atomic E-state index is -0.327. The first-order valence-corrected chi connectivity index (χ1v) is 5.36. The molecule has 0 saturated carbocycles. The Labute approximate surface area is 93.6 Å². The average molecular weight is 219 g/mol. The van der Waals surface area contributed by atoms with Crippen LogP contribution in [0.1, 0.15) is 35.5 Å². The predicted molar refractivity (Wildman–Crippen MR) is 55.5 cm³/mol. The summed E-state index contributed by atoms with van der Waals surface area (Å²) in [7, 11) is 0. The summed E-state index contributed by atoms with van der Waals surface area (Å²) in [4.78, 5) is 13.6. The first-order valence-electron chi connectivity index (χ1n) is 5.36. The topological polar surface area (TPSA) is 70.1 Å². The molecule has 1 fully saturated rings. The highest BCUT2D eigenvalue weighted by Crippen LogP contribution is 2.19. The number of hydrogen-bond acceptors (Lipinski definition) is 4. The second kappa shape index (κ2) is 4.35. The Hall–Kier alpha value is -1.83. The van der Waals surface area contributed by atoms with Crippen LogP contribution >= 0.6 is 0 Å². The van der Waals surface area contributed by atoms with Crippen molar-refractivity contribution in [2.45, 2.75) is 32.2 Å². The number of piperidine rings is 1. The van der Waals surface area contributed by atoms with Crippen LogP contribution in [0, 0.1) is 18.3 Å². The molecule has 5 heteroatoms. The molecule has 1 amide bonds. The third kappa shape index (κ3) is 1.91. The van der Waals surface area contributed by atoms with E-state index in [4.69, 9.17) is 9.78 Å². The number of carbonyl (C=O) groups is 1. The van der Waals surface area contributed by atoms with Crippen LogP contribution in [-0.4, -0.2) is 28.6 Å². The number of amides is 1. The Balaban J connectivity index is 2.17. The molecule has 84 valence electrons. The summed E-state index contributed by atoms with van der Waals surface area (Å²) in [5.41, 5.74) is 0.675. The Morgan fingerprint density at radius 2 is 2.50 bits per heavy atom. The van der Waals surface area contributed by atoms with Crippen LogP contribution in [0.25, 0.3) is 0 Å². The van der Waals surface area contributed by atoms with Gasteiger partial charge in [0, 0.05) is 12.6 Å². The Morgan fingerprint density at radius 1 is 1.69 bits per heavy atom. The highest BCUT2D eigenvalue weighted by molar-refractivity contribution is 5.92. The number of nitriles is 1. The molecular weight excluding hydrogens is 206 g/mol. The van der Waals surface area contributed by atoms with Crippen molar-refractivity contribution in [1.82, 2.24) is 10.1 Å². The second-order valence-corrected chi connectivity index (χ2v) is 3.97. The lowest BCUT2D eigenvalue weighted by Crippen LogP contribution is -2.42. The summed E-state index contributed by atoms with van der Waals surface area (Å²) < 4.78 is 4.92. The summed E-state index contributed by atoms with van der Waals surface area (Å²) in [5, 5.41) is 12.7. The molecule has 1 aromatic rings. The van der Waals surface area contributed by atoms with Gasteiger partial charge >= 0.3 is 0 Å². The maximum Gasteiger partial charge on any atom is 0.293 e. The number of aryl methyl sites for hydroxylation is 1. The SMILES string of the molecule is Cc1cc(C(=O)N2CCCCC2C#N)on1. The largest absolute Gasteiger partial charge is 0.351 e. The smallest absolute Gasteiger partial charge is 0.293 e. The van der Waals surface area contributed by atoms with Crippen LogP contribution in [0.5, 0.6) is 0 Å². The fourth-order valence-electron chi connectivity index (χ4n) is 1.91. The van der Waals surface area contributed by atoms with Gasteiger partial charge < -0.3 is 9.42 Å². The lowest BCUT2D eigenvalue weighted by atomic mass is 10.0. The van der Waals surface area contributed by atoms with E-state index in [0.29, 0.717) is 12.2 Å². The number of aromatic nitrogens is 1. The van der Waals surface area contributed by atoms with Crippen LogP contribution in [0.4, 0.5) is 0 Å². The Bertz CT molecular complexity index is 433. The minimum Gasteiger partial charge on any atom is -0.351 e. The van der Waals surface area contributed by atoms with Crippen molar-refractivity contribution in [2.24, 2.45) is 0 Å². The molecule has 0 radical (unpaired) electrons. The van der Waals surface area contributed by atoms with Crippen molar-refractivity contribution in [2.75, 3.05) is 6.54 Å². The first kappa shape index (κ1) is 10.7. The number of hydrogen-bond donors (Lipinski definition) is 0. The zero-order chi connectivity index (χ0) is 11.5. The van der Waals surface area contributed by atoms with Crippen LogP contribution in [0.3, 0.4) is 0 Å². The molecule has 1 aliphatic heterocycles. The van der Waals surface area contributed by atoms with E-state index in [2.05, 4.69) is 11.2 Å². The van der Waals surface area contributed by atoms with Gasteiger partial charge in [0.1, 0.15) is 6.04 Å². The van der Waals surface area contributed by atoms with Gasteiger partial charge in [-0.05, 0) is 26.2 Å². The molecule has 1 saturated heterocycles. The number of nitrogens with zero attached hydrogens (tertiary/aromatic N) is 3. The Kier molecular flexibility index (Phi) is 2.91. The van der Waals surface area contributed by atoms with Crippen molar-refractivity contribution < 1.29 is 9.32 Å². The van der Waals surface area contributed by atoms with Gasteiger partial charge in [0.05, 0.1) is 11.8 Å². The molecule has 0 bridgehead atoms. The van der Waals surface area contributed by atoms with Crippen molar-refractivity contribution >= 4 is 5.91 Å². The van der Waals surface area contributed by atoms with Gasteiger partial charge in [-0.2, -0.15) is 5.26 Å². The molecular formula is C11H13N3O2. The highest BCUT2D eigenvalue weighted by atomic mass is 16.5. The van der Waals surface area contributed by atoms with Gasteiger partial charge in [-0.25, -0.2) is 0 Å². The first-order chi connectivity index (χ1) is 7.72. The fourth-order valence-corrected chi connectivity index (χ4v) is 1.91. The van der Waals surface area contributed by atoms with Crippen LogP contribution in [-0.2, 0) is 0 Å². The number of likely N-dealkylation sites (tertiary alicyclic amines) is 1. The molecule has 2 heterocycles. The van der Waals surface area contributed by atoms with Gasteiger partial charge in [-0.15, -0.1) is 0 Å². The van der Waals surface area contributed by atoms with E-state index in [9.17, 15) is 4.79 Å². The summed E-state index contributed by atoms with van der Waals surface area (Å²) in [6.07, 6.45) is 2.68. The van der Waals surface area contributed by atoms with E-state index in [-0.39, 0.29) is 17.7 Å². The molecule has 1 unspecified atom stereocenters. The van der Waals surface area contributed by atoms with E-state index < -0.39 is 0 Å². The monoisotopic (exact) mass is 219 g/mol. The summed E-state index contributed by atoms with van der Waals surface area (Å²) in [6.45, 7) is 2.38. The van der Waals surface area contributed by atoms with Gasteiger partial charge in [-0.1, -0.05) is 5.16 Å². The fraction of sp³-hybridized carbons (Fsp3) is 0.545. The van der Waals surface area contributed by atoms with Gasteiger partial charge in [0.2, 0.25) is 5.76 Å². The quantitative estimate of drug-likeness (QED) is 0.717. The number of carbonyl (C=O) groups excluding carboxylic acids is 1. The third-order valence-corrected chi connectivity index (χ3v) is 2.75. The zero-order valence-electron chi connectivity index (χ0n) is 9.14. The molecule has 0 aliphatic carbocycles. The van der Waals surface area contributed by atoms with Gasteiger partial charge in [0.25, 0.3) is 5.91 Å². The van der Waals surface area contributed by atoms with Gasteiger partial charge in [-0.3, -0.25) is 4.79 Å². The zero-order valence-corrected chi connectivity index (χ0v) is 9.14. The van der Waals surface area contributed by atoms with E-state index >= 15 is 0 Å². The molecule has 1 aliphatic rings. The van der Waals surface area contributed by atoms with E-state index in [1.807, 2.05) is 0 Å². The van der Waals surface area contributed by atoms with Gasteiger partial charge in [0.15, 0.2) is 0 Å². The third-order valence-electron chi connectivity index (χ3n) is 2.75. The Morgan fingerprint density at radius 3 is 3.12 bits per heavy atom. The lowest BCUT2D eigenvalue weighted by Gasteiger charge is -2.30. The molecule has 1 atom stereocenters.